The minimum atomic E-state index is -3.02. The normalized spacial score (nSPS) is 11.3. The van der Waals surface area contributed by atoms with Crippen molar-refractivity contribution in [2.24, 2.45) is 5.10 Å². The molecular formula is C15H12F2N4O5. The quantitative estimate of drug-likeness (QED) is 0.450. The first-order chi connectivity index (χ1) is 12.3. The second kappa shape index (κ2) is 7.96. The number of nitrogens with zero attached hydrogens (tertiary/aromatic N) is 3. The number of benzene rings is 2. The molecule has 0 bridgehead atoms. The van der Waals surface area contributed by atoms with Crippen molar-refractivity contribution in [3.63, 3.8) is 0 Å². The number of ether oxygens (including phenoxy) is 1. The van der Waals surface area contributed by atoms with Crippen molar-refractivity contribution in [2.75, 3.05) is 5.43 Å². The van der Waals surface area contributed by atoms with E-state index in [2.05, 4.69) is 15.3 Å². The third kappa shape index (κ3) is 4.47. The van der Waals surface area contributed by atoms with Gasteiger partial charge in [0, 0.05) is 11.6 Å². The van der Waals surface area contributed by atoms with E-state index in [1.54, 1.807) is 6.07 Å². The summed E-state index contributed by atoms with van der Waals surface area (Å²) in [5, 5.41) is 25.7. The van der Waals surface area contributed by atoms with Crippen LogP contribution in [0.5, 0.6) is 5.75 Å². The fourth-order valence-electron chi connectivity index (χ4n) is 2.05. The Labute approximate surface area is 145 Å². The molecule has 1 N–H and O–H groups in total. The number of hydrogen-bond donors (Lipinski definition) is 1. The van der Waals surface area contributed by atoms with Crippen molar-refractivity contribution in [1.82, 2.24) is 0 Å². The lowest BCUT2D eigenvalue weighted by molar-refractivity contribution is -0.393. The molecule has 0 spiro atoms. The molecule has 9 nitrogen and oxygen atoms in total. The summed E-state index contributed by atoms with van der Waals surface area (Å²) in [7, 11) is 0. The summed E-state index contributed by atoms with van der Waals surface area (Å²) in [6.07, 6.45) is 0. The number of para-hydroxylation sites is 1. The number of nitrogens with one attached hydrogen (secondary N) is 1. The predicted octanol–water partition coefficient (Wildman–Crippen LogP) is 3.94. The second-order valence-corrected chi connectivity index (χ2v) is 4.90. The van der Waals surface area contributed by atoms with Gasteiger partial charge in [-0.3, -0.25) is 25.7 Å². The van der Waals surface area contributed by atoms with Crippen LogP contribution in [-0.2, 0) is 0 Å². The first-order valence-electron chi connectivity index (χ1n) is 7.07. The molecule has 0 saturated carbocycles. The zero-order valence-corrected chi connectivity index (χ0v) is 13.3. The molecule has 0 aliphatic carbocycles. The number of hydrogen-bond acceptors (Lipinski definition) is 7. The van der Waals surface area contributed by atoms with E-state index in [0.29, 0.717) is 0 Å². The molecule has 136 valence electrons. The summed E-state index contributed by atoms with van der Waals surface area (Å²) in [6.45, 7) is -1.54. The molecule has 0 atom stereocenters. The van der Waals surface area contributed by atoms with Crippen LogP contribution in [0.3, 0.4) is 0 Å². The highest BCUT2D eigenvalue weighted by molar-refractivity contribution is 6.01. The molecule has 2 aromatic rings. The fourth-order valence-corrected chi connectivity index (χ4v) is 2.05. The number of halogens is 2. The summed E-state index contributed by atoms with van der Waals surface area (Å²) >= 11 is 0. The maximum absolute atomic E-state index is 12.5. The highest BCUT2D eigenvalue weighted by atomic mass is 19.3. The van der Waals surface area contributed by atoms with Gasteiger partial charge >= 0.3 is 12.3 Å². The van der Waals surface area contributed by atoms with Gasteiger partial charge in [-0.25, -0.2) is 0 Å². The SMILES string of the molecule is C/C(=N/Nc1ccc([N+](=O)[O-])cc1[N+](=O)[O-])c1ccccc1OC(F)F. The van der Waals surface area contributed by atoms with Gasteiger partial charge in [0.15, 0.2) is 0 Å². The van der Waals surface area contributed by atoms with Gasteiger partial charge < -0.3 is 4.74 Å². The average molecular weight is 366 g/mol. The fraction of sp³-hybridized carbons (Fsp3) is 0.133. The molecule has 0 aliphatic rings. The second-order valence-electron chi connectivity index (χ2n) is 4.90. The molecule has 0 unspecified atom stereocenters. The van der Waals surface area contributed by atoms with Gasteiger partial charge in [0.05, 0.1) is 21.6 Å². The van der Waals surface area contributed by atoms with Gasteiger partial charge in [-0.2, -0.15) is 13.9 Å². The third-order valence-electron chi connectivity index (χ3n) is 3.23. The van der Waals surface area contributed by atoms with Crippen molar-refractivity contribution >= 4 is 22.8 Å². The van der Waals surface area contributed by atoms with Gasteiger partial charge in [0.2, 0.25) is 0 Å². The highest BCUT2D eigenvalue weighted by Gasteiger charge is 2.19. The molecule has 0 aliphatic heterocycles. The lowest BCUT2D eigenvalue weighted by Gasteiger charge is -2.10. The molecular weight excluding hydrogens is 354 g/mol. The first kappa shape index (κ1) is 18.7. The maximum Gasteiger partial charge on any atom is 0.387 e. The molecule has 2 rings (SSSR count). The van der Waals surface area contributed by atoms with E-state index < -0.39 is 27.8 Å². The number of anilines is 1. The lowest BCUT2D eigenvalue weighted by Crippen LogP contribution is -2.08. The van der Waals surface area contributed by atoms with E-state index in [-0.39, 0.29) is 22.7 Å². The van der Waals surface area contributed by atoms with Gasteiger partial charge in [0.1, 0.15) is 11.4 Å². The van der Waals surface area contributed by atoms with Crippen LogP contribution < -0.4 is 10.2 Å². The Hall–Kier alpha value is -3.63. The van der Waals surface area contributed by atoms with E-state index in [1.165, 1.54) is 25.1 Å². The molecule has 2 aromatic carbocycles. The van der Waals surface area contributed by atoms with Crippen LogP contribution >= 0.6 is 0 Å². The Morgan fingerprint density at radius 3 is 2.46 bits per heavy atom. The van der Waals surface area contributed by atoms with Gasteiger partial charge in [-0.15, -0.1) is 0 Å². The Morgan fingerprint density at radius 1 is 1.15 bits per heavy atom. The minimum absolute atomic E-state index is 0.0905. The van der Waals surface area contributed by atoms with Crippen molar-refractivity contribution in [3.8, 4) is 5.75 Å². The van der Waals surface area contributed by atoms with Crippen LogP contribution in [-0.4, -0.2) is 22.2 Å². The number of rotatable bonds is 7. The zero-order chi connectivity index (χ0) is 19.3. The van der Waals surface area contributed by atoms with Crippen molar-refractivity contribution < 1.29 is 23.4 Å². The molecule has 0 heterocycles. The molecule has 0 aromatic heterocycles. The molecule has 0 amide bonds. The minimum Gasteiger partial charge on any atom is -0.434 e. The summed E-state index contributed by atoms with van der Waals surface area (Å²) in [6, 6.07) is 8.91. The maximum atomic E-state index is 12.5. The van der Waals surface area contributed by atoms with E-state index in [9.17, 15) is 29.0 Å². The Bertz CT molecular complexity index is 873. The number of alkyl halides is 2. The number of hydrazone groups is 1. The molecule has 26 heavy (non-hydrogen) atoms. The Balaban J connectivity index is 2.32. The van der Waals surface area contributed by atoms with Gasteiger partial charge in [-0.05, 0) is 25.1 Å². The summed E-state index contributed by atoms with van der Waals surface area (Å²) in [5.74, 6) is -0.108. The van der Waals surface area contributed by atoms with E-state index in [1.807, 2.05) is 0 Å². The Morgan fingerprint density at radius 2 is 1.85 bits per heavy atom. The van der Waals surface area contributed by atoms with E-state index in [4.69, 9.17) is 0 Å². The third-order valence-corrected chi connectivity index (χ3v) is 3.23. The number of nitro benzene ring substituents is 2. The molecule has 11 heteroatoms. The lowest BCUT2D eigenvalue weighted by atomic mass is 10.1. The monoisotopic (exact) mass is 366 g/mol. The smallest absolute Gasteiger partial charge is 0.387 e. The Kier molecular flexibility index (Phi) is 5.73. The van der Waals surface area contributed by atoms with Crippen molar-refractivity contribution in [2.45, 2.75) is 13.5 Å². The van der Waals surface area contributed by atoms with Gasteiger partial charge in [0.25, 0.3) is 5.69 Å². The van der Waals surface area contributed by atoms with Crippen LogP contribution in [0, 0.1) is 20.2 Å². The van der Waals surface area contributed by atoms with Crippen molar-refractivity contribution in [3.05, 3.63) is 68.3 Å². The van der Waals surface area contributed by atoms with Crippen LogP contribution in [0.1, 0.15) is 12.5 Å². The topological polar surface area (TPSA) is 120 Å². The van der Waals surface area contributed by atoms with Crippen LogP contribution in [0.2, 0.25) is 0 Å². The largest absolute Gasteiger partial charge is 0.434 e. The highest BCUT2D eigenvalue weighted by Crippen LogP contribution is 2.29. The summed E-state index contributed by atoms with van der Waals surface area (Å²) in [4.78, 5) is 20.2. The van der Waals surface area contributed by atoms with Crippen LogP contribution in [0.15, 0.2) is 47.6 Å². The predicted molar refractivity (Wildman–Crippen MR) is 88.7 cm³/mol. The first-order valence-corrected chi connectivity index (χ1v) is 7.07. The molecule has 0 saturated heterocycles. The number of nitro groups is 2. The van der Waals surface area contributed by atoms with Crippen LogP contribution in [0.25, 0.3) is 0 Å². The average Bonchev–Trinajstić information content (AvgIpc) is 2.59. The zero-order valence-electron chi connectivity index (χ0n) is 13.3. The van der Waals surface area contributed by atoms with E-state index >= 15 is 0 Å². The summed E-state index contributed by atoms with van der Waals surface area (Å²) < 4.78 is 29.3. The summed E-state index contributed by atoms with van der Waals surface area (Å²) in [5.41, 5.74) is 1.81. The van der Waals surface area contributed by atoms with Crippen LogP contribution in [0.4, 0.5) is 25.8 Å². The van der Waals surface area contributed by atoms with Crippen molar-refractivity contribution in [1.29, 1.82) is 0 Å². The van der Waals surface area contributed by atoms with Gasteiger partial charge in [-0.1, -0.05) is 12.1 Å². The van der Waals surface area contributed by atoms with E-state index in [0.717, 1.165) is 18.2 Å². The number of non-ortho nitro benzene ring substituents is 1. The standard InChI is InChI=1S/C15H12F2N4O5/c1-9(11-4-2-3-5-14(11)26-15(16)17)18-19-12-7-6-10(20(22)23)8-13(12)21(24)25/h2-8,15,19H,1H3/b18-9-. The molecule has 0 fully saturated rings. The molecule has 0 radical (unpaired) electrons.